The molecule has 0 bridgehead atoms. The van der Waals surface area contributed by atoms with Crippen LogP contribution in [0, 0.1) is 16.6 Å². The number of benzene rings is 1. The van der Waals surface area contributed by atoms with Gasteiger partial charge in [-0.3, -0.25) is 3.07 Å². The second-order valence-electron chi connectivity index (χ2n) is 1.79. The molecule has 0 aliphatic heterocycles. The lowest BCUT2D eigenvalue weighted by Gasteiger charge is -1.88. The van der Waals surface area contributed by atoms with Crippen LogP contribution in [0.15, 0.2) is 18.2 Å². The van der Waals surface area contributed by atoms with Gasteiger partial charge >= 0.3 is 0 Å². The third kappa shape index (κ3) is 1.86. The molecule has 2 heteroatoms. The first-order chi connectivity index (χ1) is 4.33. The Kier molecular flexibility index (Phi) is 2.33. The minimum absolute atomic E-state index is 0.855. The monoisotopic (exact) mass is 233 g/mol. The van der Waals surface area contributed by atoms with Crippen LogP contribution in [0.3, 0.4) is 0 Å². The van der Waals surface area contributed by atoms with Crippen molar-refractivity contribution in [3.05, 3.63) is 33.4 Å². The fraction of sp³-hybridized carbons (Fsp3) is 0.143. The van der Waals surface area contributed by atoms with E-state index >= 15 is 0 Å². The Labute approximate surface area is 64.7 Å². The minimum Gasteiger partial charge on any atom is -0.265 e. The van der Waals surface area contributed by atoms with Crippen LogP contribution in [-0.2, 0) is 3.07 Å². The first-order valence-electron chi connectivity index (χ1n) is 2.58. The van der Waals surface area contributed by atoms with E-state index in [9.17, 15) is 3.07 Å². The molecule has 0 amide bonds. The molecule has 1 aromatic rings. The van der Waals surface area contributed by atoms with E-state index in [0.29, 0.717) is 0 Å². The summed E-state index contributed by atoms with van der Waals surface area (Å²) in [6, 6.07) is 8.55. The molecule has 0 unspecified atom stereocenters. The van der Waals surface area contributed by atoms with Gasteiger partial charge in [0.2, 0.25) is 0 Å². The smallest absolute Gasteiger partial charge is 0.182 e. The van der Waals surface area contributed by atoms with Gasteiger partial charge in [-0.15, -0.1) is 0 Å². The number of aryl methyl sites for hydroxylation is 1. The number of hydrogen-bond donors (Lipinski definition) is 0. The summed E-state index contributed by atoms with van der Waals surface area (Å²) >= 11 is -1.01. The Balaban J connectivity index is 3.07. The molecule has 0 aromatic heterocycles. The Morgan fingerprint density at radius 1 is 1.67 bits per heavy atom. The van der Waals surface area contributed by atoms with Crippen LogP contribution in [0.1, 0.15) is 5.56 Å². The Hall–Kier alpha value is -0.250. The van der Waals surface area contributed by atoms with Crippen molar-refractivity contribution in [3.63, 3.8) is 0 Å². The lowest BCUT2D eigenvalue weighted by molar-refractivity contribution is 0.648. The lowest BCUT2D eigenvalue weighted by Crippen LogP contribution is -1.72. The molecule has 0 N–H and O–H groups in total. The van der Waals surface area contributed by atoms with E-state index in [4.69, 9.17) is 0 Å². The van der Waals surface area contributed by atoms with Crippen molar-refractivity contribution in [2.45, 2.75) is 6.92 Å². The molecule has 0 aliphatic rings. The summed E-state index contributed by atoms with van der Waals surface area (Å²) in [7, 11) is 0. The van der Waals surface area contributed by atoms with Crippen LogP contribution in [0.25, 0.3) is 0 Å². The molecular formula is C7H6IO. The van der Waals surface area contributed by atoms with Crippen LogP contribution >= 0.6 is 21.2 Å². The van der Waals surface area contributed by atoms with E-state index in [2.05, 4.69) is 6.07 Å². The quantitative estimate of drug-likeness (QED) is 0.680. The normalized spacial score (nSPS) is 9.44. The predicted octanol–water partition coefficient (Wildman–Crippen LogP) is 2.28. The zero-order valence-corrected chi connectivity index (χ0v) is 7.18. The maximum absolute atomic E-state index is 10.4. The molecule has 9 heavy (non-hydrogen) atoms. The van der Waals surface area contributed by atoms with E-state index in [1.54, 1.807) is 0 Å². The van der Waals surface area contributed by atoms with Crippen LogP contribution in [0.2, 0.25) is 0 Å². The van der Waals surface area contributed by atoms with E-state index in [-0.39, 0.29) is 0 Å². The number of halogens is 1. The fourth-order valence-electron chi connectivity index (χ4n) is 0.587. The third-order valence-electron chi connectivity index (χ3n) is 1.00. The van der Waals surface area contributed by atoms with Gasteiger partial charge < -0.3 is 0 Å². The highest BCUT2D eigenvalue weighted by atomic mass is 127. The van der Waals surface area contributed by atoms with Crippen molar-refractivity contribution in [3.8, 4) is 0 Å². The fourth-order valence-corrected chi connectivity index (χ4v) is 1.51. The molecule has 0 spiro atoms. The lowest BCUT2D eigenvalue weighted by atomic mass is 10.2. The molecule has 0 aliphatic carbocycles. The van der Waals surface area contributed by atoms with Gasteiger partial charge in [-0.2, -0.15) is 0 Å². The zero-order valence-electron chi connectivity index (χ0n) is 5.02. The van der Waals surface area contributed by atoms with Gasteiger partial charge in [-0.25, -0.2) is 0 Å². The molecule has 0 saturated carbocycles. The second kappa shape index (κ2) is 3.06. The topological polar surface area (TPSA) is 17.1 Å². The minimum atomic E-state index is -1.01. The Bertz CT molecular complexity index is 220. The van der Waals surface area contributed by atoms with Crippen LogP contribution in [0.4, 0.5) is 0 Å². The Morgan fingerprint density at radius 2 is 2.44 bits per heavy atom. The zero-order chi connectivity index (χ0) is 6.69. The number of hydrogen-bond acceptors (Lipinski definition) is 1. The second-order valence-corrected chi connectivity index (χ2v) is 3.39. The molecule has 0 fully saturated rings. The van der Waals surface area contributed by atoms with E-state index in [0.717, 1.165) is 9.13 Å². The molecule has 47 valence electrons. The SMILES string of the molecule is Cc1cc[c]c(I=O)c1. The van der Waals surface area contributed by atoms with Gasteiger partial charge in [-0.05, 0) is 24.6 Å². The van der Waals surface area contributed by atoms with Gasteiger partial charge in [0.05, 0.1) is 3.57 Å². The predicted molar refractivity (Wildman–Crippen MR) is 43.4 cm³/mol. The standard InChI is InChI=1S/C7H6IO/c1-6-3-2-4-7(5-6)8-9/h2-3,5H,1H3. The Morgan fingerprint density at radius 3 is 2.89 bits per heavy atom. The molecular weight excluding hydrogens is 227 g/mol. The highest BCUT2D eigenvalue weighted by Gasteiger charge is 1.88. The third-order valence-corrected chi connectivity index (χ3v) is 2.10. The largest absolute Gasteiger partial charge is 0.265 e. The van der Waals surface area contributed by atoms with Gasteiger partial charge in [0.25, 0.3) is 0 Å². The van der Waals surface area contributed by atoms with E-state index in [1.807, 2.05) is 25.1 Å². The van der Waals surface area contributed by atoms with Gasteiger partial charge in [0.15, 0.2) is 21.2 Å². The van der Waals surface area contributed by atoms with E-state index in [1.165, 1.54) is 0 Å². The molecule has 0 atom stereocenters. The molecule has 1 radical (unpaired) electrons. The van der Waals surface area contributed by atoms with Crippen molar-refractivity contribution >= 4 is 21.2 Å². The molecule has 1 nitrogen and oxygen atoms in total. The van der Waals surface area contributed by atoms with Crippen LogP contribution in [-0.4, -0.2) is 0 Å². The first-order valence-corrected chi connectivity index (χ1v) is 4.54. The van der Waals surface area contributed by atoms with Gasteiger partial charge in [0.1, 0.15) is 0 Å². The van der Waals surface area contributed by atoms with E-state index < -0.39 is 21.2 Å². The maximum atomic E-state index is 10.4. The first kappa shape index (κ1) is 6.86. The van der Waals surface area contributed by atoms with Crippen LogP contribution in [0.5, 0.6) is 0 Å². The number of rotatable bonds is 1. The van der Waals surface area contributed by atoms with Crippen molar-refractivity contribution < 1.29 is 3.07 Å². The molecule has 0 saturated heterocycles. The van der Waals surface area contributed by atoms with Crippen molar-refractivity contribution in [2.75, 3.05) is 0 Å². The molecule has 0 heterocycles. The average molecular weight is 233 g/mol. The summed E-state index contributed by atoms with van der Waals surface area (Å²) in [4.78, 5) is 0. The summed E-state index contributed by atoms with van der Waals surface area (Å²) < 4.78 is 11.2. The van der Waals surface area contributed by atoms with Crippen molar-refractivity contribution in [1.82, 2.24) is 0 Å². The summed E-state index contributed by atoms with van der Waals surface area (Å²) in [6.45, 7) is 1.98. The summed E-state index contributed by atoms with van der Waals surface area (Å²) in [5.74, 6) is 0. The average Bonchev–Trinajstić information content (AvgIpc) is 1.88. The molecule has 1 rings (SSSR count). The summed E-state index contributed by atoms with van der Waals surface area (Å²) in [5, 5.41) is 0. The van der Waals surface area contributed by atoms with Crippen molar-refractivity contribution in [1.29, 1.82) is 0 Å². The van der Waals surface area contributed by atoms with Gasteiger partial charge in [-0.1, -0.05) is 12.1 Å². The maximum Gasteiger partial charge on any atom is 0.182 e. The van der Waals surface area contributed by atoms with Gasteiger partial charge in [0, 0.05) is 0 Å². The molecule has 1 aromatic carbocycles. The summed E-state index contributed by atoms with van der Waals surface area (Å²) in [5.41, 5.74) is 1.15. The summed E-state index contributed by atoms with van der Waals surface area (Å²) in [6.07, 6.45) is 0. The highest BCUT2D eigenvalue weighted by Crippen LogP contribution is 2.09. The van der Waals surface area contributed by atoms with Crippen LogP contribution < -0.4 is 0 Å². The highest BCUT2D eigenvalue weighted by molar-refractivity contribution is 14.1. The van der Waals surface area contributed by atoms with Crippen molar-refractivity contribution in [2.24, 2.45) is 0 Å².